The minimum Gasteiger partial charge on any atom is -0.493 e. The molecule has 0 aromatic heterocycles. The summed E-state index contributed by atoms with van der Waals surface area (Å²) in [5, 5.41) is 0. The van der Waals surface area contributed by atoms with Crippen LogP contribution in [0.4, 0.5) is 13.2 Å². The van der Waals surface area contributed by atoms with E-state index in [0.29, 0.717) is 17.9 Å². The van der Waals surface area contributed by atoms with Crippen molar-refractivity contribution in [2.24, 2.45) is 5.73 Å². The van der Waals surface area contributed by atoms with Crippen molar-refractivity contribution in [3.63, 3.8) is 0 Å². The molecule has 0 amide bonds. The molecule has 1 aliphatic rings. The summed E-state index contributed by atoms with van der Waals surface area (Å²) < 4.78 is 42.8. The molecule has 88 valence electrons. The summed E-state index contributed by atoms with van der Waals surface area (Å²) in [6.45, 7) is 2.12. The summed E-state index contributed by atoms with van der Waals surface area (Å²) in [4.78, 5) is 0. The molecule has 0 aliphatic carbocycles. The van der Waals surface area contributed by atoms with Crippen LogP contribution in [0.3, 0.4) is 0 Å². The molecule has 2 atom stereocenters. The highest BCUT2D eigenvalue weighted by Gasteiger charge is 2.34. The third-order valence-electron chi connectivity index (χ3n) is 2.79. The molecular weight excluding hydrogens is 219 g/mol. The van der Waals surface area contributed by atoms with Crippen LogP contribution >= 0.6 is 0 Å². The minimum absolute atomic E-state index is 0.155. The van der Waals surface area contributed by atoms with Crippen LogP contribution in [0.15, 0.2) is 18.2 Å². The van der Waals surface area contributed by atoms with Gasteiger partial charge in [0, 0.05) is 17.5 Å². The van der Waals surface area contributed by atoms with Crippen molar-refractivity contribution in [3.05, 3.63) is 29.3 Å². The van der Waals surface area contributed by atoms with Gasteiger partial charge in [0.05, 0.1) is 12.2 Å². The van der Waals surface area contributed by atoms with Crippen LogP contribution in [0, 0.1) is 0 Å². The van der Waals surface area contributed by atoms with Gasteiger partial charge in [0.1, 0.15) is 5.75 Å². The predicted octanol–water partition coefficient (Wildman–Crippen LogP) is 2.53. The molecule has 1 heterocycles. The van der Waals surface area contributed by atoms with E-state index in [1.54, 1.807) is 6.92 Å². The van der Waals surface area contributed by atoms with E-state index >= 15 is 0 Å². The molecule has 5 heteroatoms. The molecule has 0 bridgehead atoms. The summed E-state index contributed by atoms with van der Waals surface area (Å²) in [5.41, 5.74) is 5.62. The van der Waals surface area contributed by atoms with Gasteiger partial charge in [0.25, 0.3) is 0 Å². The van der Waals surface area contributed by atoms with Crippen molar-refractivity contribution in [2.45, 2.75) is 25.1 Å². The van der Waals surface area contributed by atoms with E-state index in [1.165, 1.54) is 6.07 Å². The van der Waals surface area contributed by atoms with Crippen molar-refractivity contribution >= 4 is 0 Å². The SMILES string of the molecule is CC(N)C1COc2ccc(C(F)(F)F)cc21. The van der Waals surface area contributed by atoms with Crippen LogP contribution in [-0.2, 0) is 6.18 Å². The number of hydrogen-bond donors (Lipinski definition) is 1. The number of alkyl halides is 3. The number of nitrogens with two attached hydrogens (primary N) is 1. The summed E-state index contributed by atoms with van der Waals surface area (Å²) in [6.07, 6.45) is -4.32. The van der Waals surface area contributed by atoms with Crippen LogP contribution in [0.5, 0.6) is 5.75 Å². The number of fused-ring (bicyclic) bond motifs is 1. The van der Waals surface area contributed by atoms with Gasteiger partial charge in [-0.25, -0.2) is 0 Å². The van der Waals surface area contributed by atoms with E-state index in [2.05, 4.69) is 0 Å². The normalized spacial score (nSPS) is 21.4. The molecule has 0 saturated heterocycles. The van der Waals surface area contributed by atoms with Gasteiger partial charge in [-0.15, -0.1) is 0 Å². The van der Waals surface area contributed by atoms with Crippen LogP contribution in [-0.4, -0.2) is 12.6 Å². The van der Waals surface area contributed by atoms with Crippen molar-refractivity contribution in [1.29, 1.82) is 0 Å². The molecule has 2 N–H and O–H groups in total. The number of hydrogen-bond acceptors (Lipinski definition) is 2. The lowest BCUT2D eigenvalue weighted by Gasteiger charge is -2.14. The Balaban J connectivity index is 2.41. The van der Waals surface area contributed by atoms with Gasteiger partial charge in [-0.2, -0.15) is 13.2 Å². The second-order valence-electron chi connectivity index (χ2n) is 4.03. The zero-order valence-corrected chi connectivity index (χ0v) is 8.71. The average Bonchev–Trinajstić information content (AvgIpc) is 2.58. The fraction of sp³-hybridized carbons (Fsp3) is 0.455. The molecule has 0 radical (unpaired) electrons. The largest absolute Gasteiger partial charge is 0.493 e. The summed E-state index contributed by atoms with van der Waals surface area (Å²) >= 11 is 0. The van der Waals surface area contributed by atoms with Crippen molar-refractivity contribution < 1.29 is 17.9 Å². The third-order valence-corrected chi connectivity index (χ3v) is 2.79. The van der Waals surface area contributed by atoms with E-state index < -0.39 is 11.7 Å². The van der Waals surface area contributed by atoms with Gasteiger partial charge in [-0.1, -0.05) is 0 Å². The molecule has 0 saturated carbocycles. The van der Waals surface area contributed by atoms with Gasteiger partial charge in [-0.3, -0.25) is 0 Å². The highest BCUT2D eigenvalue weighted by Crippen LogP contribution is 2.39. The van der Waals surface area contributed by atoms with Crippen LogP contribution in [0.25, 0.3) is 0 Å². The average molecular weight is 231 g/mol. The molecule has 1 aromatic rings. The first-order valence-corrected chi connectivity index (χ1v) is 4.99. The number of rotatable bonds is 1. The lowest BCUT2D eigenvalue weighted by molar-refractivity contribution is -0.137. The Labute approximate surface area is 91.2 Å². The Morgan fingerprint density at radius 3 is 2.69 bits per heavy atom. The fourth-order valence-corrected chi connectivity index (χ4v) is 1.85. The van der Waals surface area contributed by atoms with Crippen LogP contribution in [0.1, 0.15) is 24.0 Å². The second-order valence-corrected chi connectivity index (χ2v) is 4.03. The molecule has 2 unspecified atom stereocenters. The third kappa shape index (κ3) is 1.87. The Kier molecular flexibility index (Phi) is 2.58. The number of benzene rings is 1. The Morgan fingerprint density at radius 1 is 1.44 bits per heavy atom. The minimum atomic E-state index is -4.32. The smallest absolute Gasteiger partial charge is 0.416 e. The van der Waals surface area contributed by atoms with Gasteiger partial charge in [-0.05, 0) is 25.1 Å². The molecule has 1 aromatic carbocycles. The topological polar surface area (TPSA) is 35.2 Å². The van der Waals surface area contributed by atoms with Crippen molar-refractivity contribution in [1.82, 2.24) is 0 Å². The number of ether oxygens (including phenoxy) is 1. The fourth-order valence-electron chi connectivity index (χ4n) is 1.85. The van der Waals surface area contributed by atoms with E-state index in [4.69, 9.17) is 10.5 Å². The maximum atomic E-state index is 12.5. The highest BCUT2D eigenvalue weighted by atomic mass is 19.4. The van der Waals surface area contributed by atoms with Crippen molar-refractivity contribution in [2.75, 3.05) is 6.61 Å². The van der Waals surface area contributed by atoms with E-state index in [1.807, 2.05) is 0 Å². The molecule has 0 fully saturated rings. The summed E-state index contributed by atoms with van der Waals surface area (Å²) in [7, 11) is 0. The van der Waals surface area contributed by atoms with Crippen LogP contribution < -0.4 is 10.5 Å². The Morgan fingerprint density at radius 2 is 2.12 bits per heavy atom. The Hall–Kier alpha value is -1.23. The second kappa shape index (κ2) is 3.66. The standard InChI is InChI=1S/C11H12F3NO/c1-6(15)9-5-16-10-3-2-7(4-8(9)10)11(12,13)14/h2-4,6,9H,5,15H2,1H3. The van der Waals surface area contributed by atoms with Gasteiger partial charge in [0.15, 0.2) is 0 Å². The lowest BCUT2D eigenvalue weighted by Crippen LogP contribution is -2.25. The molecule has 0 spiro atoms. The van der Waals surface area contributed by atoms with E-state index in [-0.39, 0.29) is 12.0 Å². The zero-order valence-electron chi connectivity index (χ0n) is 8.71. The highest BCUT2D eigenvalue weighted by molar-refractivity contribution is 5.44. The zero-order chi connectivity index (χ0) is 11.9. The number of halogens is 3. The van der Waals surface area contributed by atoms with Crippen molar-refractivity contribution in [3.8, 4) is 5.75 Å². The lowest BCUT2D eigenvalue weighted by atomic mass is 9.93. The van der Waals surface area contributed by atoms with Gasteiger partial charge in [0.2, 0.25) is 0 Å². The predicted molar refractivity (Wildman–Crippen MR) is 53.3 cm³/mol. The first kappa shape index (κ1) is 11.3. The monoisotopic (exact) mass is 231 g/mol. The van der Waals surface area contributed by atoms with E-state index in [9.17, 15) is 13.2 Å². The summed E-state index contributed by atoms with van der Waals surface area (Å²) in [5.74, 6) is 0.354. The van der Waals surface area contributed by atoms with Crippen LogP contribution in [0.2, 0.25) is 0 Å². The maximum Gasteiger partial charge on any atom is 0.416 e. The first-order valence-electron chi connectivity index (χ1n) is 4.99. The van der Waals surface area contributed by atoms with E-state index in [0.717, 1.165) is 12.1 Å². The molecule has 2 nitrogen and oxygen atoms in total. The van der Waals surface area contributed by atoms with Gasteiger partial charge >= 0.3 is 6.18 Å². The molecule has 2 rings (SSSR count). The first-order chi connectivity index (χ1) is 7.39. The molecular formula is C11H12F3NO. The summed E-state index contributed by atoms with van der Waals surface area (Å²) in [6, 6.07) is 3.31. The maximum absolute atomic E-state index is 12.5. The molecule has 16 heavy (non-hydrogen) atoms. The quantitative estimate of drug-likeness (QED) is 0.806. The van der Waals surface area contributed by atoms with Gasteiger partial charge < -0.3 is 10.5 Å². The molecule has 1 aliphatic heterocycles. The Bertz CT molecular complexity index is 401.